The summed E-state index contributed by atoms with van der Waals surface area (Å²) in [5, 5.41) is 6.02. The monoisotopic (exact) mass is 367 g/mol. The molecule has 1 aromatic heterocycles. The van der Waals surface area contributed by atoms with Gasteiger partial charge in [-0.25, -0.2) is 9.97 Å². The zero-order valence-corrected chi connectivity index (χ0v) is 15.5. The van der Waals surface area contributed by atoms with Crippen LogP contribution in [0.25, 0.3) is 0 Å². The van der Waals surface area contributed by atoms with Gasteiger partial charge in [0.05, 0.1) is 6.54 Å². The topological polar surface area (TPSA) is 110 Å². The number of carbonyl (C=O) groups excluding carboxylic acids is 2. The van der Waals surface area contributed by atoms with Crippen LogP contribution in [-0.2, 0) is 24.2 Å². The fourth-order valence-corrected chi connectivity index (χ4v) is 3.27. The number of benzene rings is 1. The third-order valence-electron chi connectivity index (χ3n) is 4.70. The molecule has 0 radical (unpaired) electrons. The minimum Gasteiger partial charge on any atom is -0.366 e. The Kier molecular flexibility index (Phi) is 6.13. The molecule has 0 saturated heterocycles. The summed E-state index contributed by atoms with van der Waals surface area (Å²) in [6, 6.07) is 6.50. The van der Waals surface area contributed by atoms with Crippen molar-refractivity contribution in [1.29, 1.82) is 0 Å². The number of fused-ring (bicyclic) bond motifs is 1. The van der Waals surface area contributed by atoms with Crippen LogP contribution in [0.4, 0.5) is 5.69 Å². The van der Waals surface area contributed by atoms with Gasteiger partial charge in [-0.2, -0.15) is 0 Å². The maximum Gasteiger partial charge on any atom is 0.248 e. The van der Waals surface area contributed by atoms with Gasteiger partial charge in [-0.05, 0) is 62.4 Å². The average molecular weight is 367 g/mol. The second-order valence-electron chi connectivity index (χ2n) is 6.77. The molecule has 0 atom stereocenters. The van der Waals surface area contributed by atoms with Crippen molar-refractivity contribution in [3.8, 4) is 0 Å². The van der Waals surface area contributed by atoms with Crippen molar-refractivity contribution in [3.63, 3.8) is 0 Å². The summed E-state index contributed by atoms with van der Waals surface area (Å²) in [5.74, 6) is 0.198. The molecule has 4 N–H and O–H groups in total. The van der Waals surface area contributed by atoms with Gasteiger partial charge < -0.3 is 16.4 Å². The van der Waals surface area contributed by atoms with E-state index in [1.54, 1.807) is 24.3 Å². The number of nitrogens with zero attached hydrogens (tertiary/aromatic N) is 2. The lowest BCUT2D eigenvalue weighted by Crippen LogP contribution is -2.23. The highest BCUT2D eigenvalue weighted by molar-refractivity contribution is 5.94. The molecule has 0 unspecified atom stereocenters. The number of aryl methyl sites for hydroxylation is 2. The number of nitrogens with one attached hydrogen (secondary N) is 2. The molecule has 1 heterocycles. The molecule has 0 aliphatic heterocycles. The second kappa shape index (κ2) is 8.73. The molecule has 7 nitrogen and oxygen atoms in total. The van der Waals surface area contributed by atoms with Crippen LogP contribution in [0.3, 0.4) is 0 Å². The van der Waals surface area contributed by atoms with Gasteiger partial charge in [0.15, 0.2) is 0 Å². The first-order valence-corrected chi connectivity index (χ1v) is 9.28. The highest BCUT2D eigenvalue weighted by Crippen LogP contribution is 2.21. The summed E-state index contributed by atoms with van der Waals surface area (Å²) in [6.07, 6.45) is 4.85. The number of rotatable bonds is 7. The van der Waals surface area contributed by atoms with Gasteiger partial charge >= 0.3 is 0 Å². The van der Waals surface area contributed by atoms with Gasteiger partial charge in [-0.1, -0.05) is 0 Å². The number of nitrogens with two attached hydrogens (primary N) is 1. The third kappa shape index (κ3) is 5.10. The summed E-state index contributed by atoms with van der Waals surface area (Å²) in [4.78, 5) is 32.3. The molecule has 0 spiro atoms. The third-order valence-corrected chi connectivity index (χ3v) is 4.70. The molecular formula is C20H25N5O2. The SMILES string of the molecule is Cc1nc(CNCCC(=O)Nc2ccc(C(N)=O)cc2)nc2c1CCCC2. The first-order chi connectivity index (χ1) is 13.0. The van der Waals surface area contributed by atoms with E-state index in [-0.39, 0.29) is 5.91 Å². The summed E-state index contributed by atoms with van der Waals surface area (Å²) in [6.45, 7) is 3.13. The zero-order chi connectivity index (χ0) is 19.2. The number of anilines is 1. The molecule has 27 heavy (non-hydrogen) atoms. The lowest BCUT2D eigenvalue weighted by Gasteiger charge is -2.17. The van der Waals surface area contributed by atoms with Crippen molar-refractivity contribution < 1.29 is 9.59 Å². The molecule has 3 rings (SSSR count). The molecule has 1 aliphatic carbocycles. The Morgan fingerprint density at radius 1 is 1.11 bits per heavy atom. The maximum atomic E-state index is 12.0. The van der Waals surface area contributed by atoms with E-state index in [1.807, 2.05) is 6.92 Å². The normalized spacial score (nSPS) is 13.1. The van der Waals surface area contributed by atoms with Crippen LogP contribution in [0.15, 0.2) is 24.3 Å². The van der Waals surface area contributed by atoms with Gasteiger partial charge in [0.25, 0.3) is 0 Å². The number of amides is 2. The number of hydrogen-bond acceptors (Lipinski definition) is 5. The van der Waals surface area contributed by atoms with Crippen LogP contribution in [0, 0.1) is 6.92 Å². The first kappa shape index (κ1) is 19.0. The van der Waals surface area contributed by atoms with E-state index in [2.05, 4.69) is 20.6 Å². The molecule has 1 aromatic carbocycles. The quantitative estimate of drug-likeness (QED) is 0.647. The molecule has 2 amide bonds. The van der Waals surface area contributed by atoms with Gasteiger partial charge in [-0.3, -0.25) is 9.59 Å². The van der Waals surface area contributed by atoms with Gasteiger partial charge in [-0.15, -0.1) is 0 Å². The van der Waals surface area contributed by atoms with Gasteiger partial charge in [0.2, 0.25) is 11.8 Å². The molecule has 0 saturated carbocycles. The Labute approximate surface area is 158 Å². The van der Waals surface area contributed by atoms with Crippen molar-refractivity contribution in [3.05, 3.63) is 52.6 Å². The van der Waals surface area contributed by atoms with Crippen LogP contribution in [0.5, 0.6) is 0 Å². The lowest BCUT2D eigenvalue weighted by atomic mass is 9.95. The number of carbonyl (C=O) groups is 2. The summed E-state index contributed by atoms with van der Waals surface area (Å²) >= 11 is 0. The summed E-state index contributed by atoms with van der Waals surface area (Å²) in [5.41, 5.74) is 9.82. The van der Waals surface area contributed by atoms with E-state index in [1.165, 1.54) is 24.1 Å². The van der Waals surface area contributed by atoms with Crippen molar-refractivity contribution >= 4 is 17.5 Å². The predicted octanol–water partition coefficient (Wildman–Crippen LogP) is 1.88. The van der Waals surface area contributed by atoms with E-state index in [9.17, 15) is 9.59 Å². The summed E-state index contributed by atoms with van der Waals surface area (Å²) < 4.78 is 0. The number of primary amides is 1. The van der Waals surface area contributed by atoms with E-state index in [0.717, 1.165) is 24.4 Å². The van der Waals surface area contributed by atoms with E-state index < -0.39 is 5.91 Å². The lowest BCUT2D eigenvalue weighted by molar-refractivity contribution is -0.116. The van der Waals surface area contributed by atoms with Crippen LogP contribution in [-0.4, -0.2) is 28.3 Å². The Morgan fingerprint density at radius 2 is 1.85 bits per heavy atom. The van der Waals surface area contributed by atoms with Crippen LogP contribution < -0.4 is 16.4 Å². The fourth-order valence-electron chi connectivity index (χ4n) is 3.27. The number of aromatic nitrogens is 2. The Balaban J connectivity index is 1.44. The Bertz CT molecular complexity index is 833. The fraction of sp³-hybridized carbons (Fsp3) is 0.400. The van der Waals surface area contributed by atoms with Gasteiger partial charge in [0.1, 0.15) is 5.82 Å². The first-order valence-electron chi connectivity index (χ1n) is 9.28. The molecule has 0 fully saturated rings. The Hall–Kier alpha value is -2.80. The summed E-state index contributed by atoms with van der Waals surface area (Å²) in [7, 11) is 0. The second-order valence-corrected chi connectivity index (χ2v) is 6.77. The number of hydrogen-bond donors (Lipinski definition) is 3. The van der Waals surface area contributed by atoms with Gasteiger partial charge in [0, 0.05) is 35.6 Å². The zero-order valence-electron chi connectivity index (χ0n) is 15.5. The maximum absolute atomic E-state index is 12.0. The van der Waals surface area contributed by atoms with Crippen LogP contribution >= 0.6 is 0 Å². The van der Waals surface area contributed by atoms with Crippen LogP contribution in [0.2, 0.25) is 0 Å². The minimum atomic E-state index is -0.489. The standard InChI is InChI=1S/C20H25N5O2/c1-13-16-4-2-3-5-17(16)25-18(23-13)12-22-11-10-19(26)24-15-8-6-14(7-9-15)20(21)27/h6-9,22H,2-5,10-12H2,1H3,(H2,21,27)(H,24,26). The van der Waals surface area contributed by atoms with Crippen molar-refractivity contribution in [1.82, 2.24) is 15.3 Å². The highest BCUT2D eigenvalue weighted by atomic mass is 16.2. The minimum absolute atomic E-state index is 0.100. The van der Waals surface area contributed by atoms with Crippen LogP contribution in [0.1, 0.15) is 52.4 Å². The molecule has 142 valence electrons. The smallest absolute Gasteiger partial charge is 0.248 e. The predicted molar refractivity (Wildman–Crippen MR) is 103 cm³/mol. The molecular weight excluding hydrogens is 342 g/mol. The van der Waals surface area contributed by atoms with Crippen molar-refractivity contribution in [2.24, 2.45) is 5.73 Å². The van der Waals surface area contributed by atoms with Crippen molar-refractivity contribution in [2.75, 3.05) is 11.9 Å². The van der Waals surface area contributed by atoms with E-state index >= 15 is 0 Å². The van der Waals surface area contributed by atoms with Crippen molar-refractivity contribution in [2.45, 2.75) is 45.6 Å². The molecule has 1 aliphatic rings. The highest BCUT2D eigenvalue weighted by Gasteiger charge is 2.15. The Morgan fingerprint density at radius 3 is 2.59 bits per heavy atom. The average Bonchev–Trinajstić information content (AvgIpc) is 2.66. The molecule has 2 aromatic rings. The van der Waals surface area contributed by atoms with E-state index in [4.69, 9.17) is 5.73 Å². The largest absolute Gasteiger partial charge is 0.366 e. The molecule has 7 heteroatoms. The molecule has 0 bridgehead atoms. The van der Waals surface area contributed by atoms with E-state index in [0.29, 0.717) is 30.8 Å².